The van der Waals surface area contributed by atoms with Crippen LogP contribution in [0.25, 0.3) is 55.2 Å². The predicted molar refractivity (Wildman–Crippen MR) is 155 cm³/mol. The van der Waals surface area contributed by atoms with Gasteiger partial charge in [0.1, 0.15) is 28.8 Å². The van der Waals surface area contributed by atoms with Crippen molar-refractivity contribution in [1.82, 2.24) is 25.1 Å². The Bertz CT molecular complexity index is 1860. The number of benzene rings is 2. The smallest absolute Gasteiger partial charge is 0.142 e. The number of aliphatic hydroxyl groups excluding tert-OH is 2. The zero-order valence-electron chi connectivity index (χ0n) is 22.7. The number of hydrogen-bond donors (Lipinski definition) is 4. The van der Waals surface area contributed by atoms with E-state index in [2.05, 4.69) is 15.5 Å². The molecule has 0 saturated heterocycles. The largest absolute Gasteiger partial charge is 0.496 e. The molecule has 0 saturated carbocycles. The molecule has 204 valence electrons. The Kier molecular flexibility index (Phi) is 6.57. The average Bonchev–Trinajstić information content (AvgIpc) is 3.48. The fraction of sp³-hybridized carbons (Fsp3) is 0.267. The first kappa shape index (κ1) is 25.7. The van der Waals surface area contributed by atoms with Gasteiger partial charge in [-0.15, -0.1) is 0 Å². The highest BCUT2D eigenvalue weighted by atomic mass is 16.5. The van der Waals surface area contributed by atoms with Crippen LogP contribution in [0.3, 0.4) is 0 Å². The number of hydrogen-bond acceptors (Lipinski definition) is 9. The SMILES string of the molecule is COc1cc2c(cc1-c1c(C)noc1C)[nH]c1nc(C)nc(-c3cc(NCCC(O)CO)nc4ccccc34)c12. The van der Waals surface area contributed by atoms with Gasteiger partial charge in [-0.3, -0.25) is 0 Å². The van der Waals surface area contributed by atoms with Crippen molar-refractivity contribution in [3.8, 4) is 28.1 Å². The molecule has 4 aromatic heterocycles. The van der Waals surface area contributed by atoms with Gasteiger partial charge in [0.15, 0.2) is 0 Å². The minimum absolute atomic E-state index is 0.280. The zero-order chi connectivity index (χ0) is 28.0. The first-order chi connectivity index (χ1) is 19.4. The molecule has 6 rings (SSSR count). The number of fused-ring (bicyclic) bond motifs is 4. The molecule has 0 aliphatic rings. The number of H-pyrrole nitrogens is 1. The lowest BCUT2D eigenvalue weighted by molar-refractivity contribution is 0.0911. The van der Waals surface area contributed by atoms with Crippen LogP contribution in [0.2, 0.25) is 0 Å². The van der Waals surface area contributed by atoms with Gasteiger partial charge in [0.25, 0.3) is 0 Å². The number of pyridine rings is 1. The molecule has 1 unspecified atom stereocenters. The van der Waals surface area contributed by atoms with Crippen molar-refractivity contribution in [2.24, 2.45) is 0 Å². The number of para-hydroxylation sites is 1. The van der Waals surface area contributed by atoms with Crippen LogP contribution in [0.1, 0.15) is 23.7 Å². The number of methoxy groups -OCH3 is 1. The van der Waals surface area contributed by atoms with Gasteiger partial charge in [0, 0.05) is 34.0 Å². The third kappa shape index (κ3) is 4.41. The van der Waals surface area contributed by atoms with E-state index in [1.165, 1.54) is 0 Å². The molecular weight excluding hydrogens is 508 g/mol. The number of aryl methyl sites for hydroxylation is 3. The minimum atomic E-state index is -0.784. The lowest BCUT2D eigenvalue weighted by Gasteiger charge is -2.13. The number of anilines is 1. The summed E-state index contributed by atoms with van der Waals surface area (Å²) in [7, 11) is 1.65. The number of ether oxygens (including phenoxy) is 1. The first-order valence-electron chi connectivity index (χ1n) is 13.1. The maximum Gasteiger partial charge on any atom is 0.142 e. The first-order valence-corrected chi connectivity index (χ1v) is 13.1. The van der Waals surface area contributed by atoms with Gasteiger partial charge in [-0.25, -0.2) is 15.0 Å². The summed E-state index contributed by atoms with van der Waals surface area (Å²) < 4.78 is 11.3. The van der Waals surface area contributed by atoms with Crippen LogP contribution in [-0.2, 0) is 0 Å². The lowest BCUT2D eigenvalue weighted by atomic mass is 9.98. The fourth-order valence-corrected chi connectivity index (χ4v) is 5.28. The van der Waals surface area contributed by atoms with Crippen molar-refractivity contribution in [2.45, 2.75) is 33.3 Å². The molecule has 4 N–H and O–H groups in total. The van der Waals surface area contributed by atoms with Crippen molar-refractivity contribution in [3.63, 3.8) is 0 Å². The molecule has 0 fully saturated rings. The Hall–Kier alpha value is -4.54. The summed E-state index contributed by atoms with van der Waals surface area (Å²) in [5.74, 6) is 2.70. The molecular formula is C30H30N6O4. The van der Waals surface area contributed by atoms with Crippen LogP contribution in [0.4, 0.5) is 5.82 Å². The van der Waals surface area contributed by atoms with Crippen LogP contribution in [-0.4, -0.2) is 61.7 Å². The van der Waals surface area contributed by atoms with Crippen LogP contribution < -0.4 is 10.1 Å². The highest BCUT2D eigenvalue weighted by molar-refractivity contribution is 6.15. The van der Waals surface area contributed by atoms with E-state index in [4.69, 9.17) is 29.3 Å². The second-order valence-electron chi connectivity index (χ2n) is 9.89. The highest BCUT2D eigenvalue weighted by Crippen LogP contribution is 2.42. The van der Waals surface area contributed by atoms with Gasteiger partial charge in [-0.05, 0) is 51.5 Å². The average molecular weight is 539 g/mol. The molecule has 0 spiro atoms. The second-order valence-corrected chi connectivity index (χ2v) is 9.89. The van der Waals surface area contributed by atoms with Gasteiger partial charge >= 0.3 is 0 Å². The van der Waals surface area contributed by atoms with Gasteiger partial charge in [0.2, 0.25) is 0 Å². The van der Waals surface area contributed by atoms with Crippen molar-refractivity contribution < 1.29 is 19.5 Å². The normalized spacial score (nSPS) is 12.4. The van der Waals surface area contributed by atoms with E-state index in [0.29, 0.717) is 30.4 Å². The second kappa shape index (κ2) is 10.2. The molecule has 0 aliphatic carbocycles. The van der Waals surface area contributed by atoms with E-state index in [1.807, 2.05) is 63.2 Å². The Morgan fingerprint density at radius 1 is 1.02 bits per heavy atom. The molecule has 10 heteroatoms. The summed E-state index contributed by atoms with van der Waals surface area (Å²) in [6, 6.07) is 14.0. The van der Waals surface area contributed by atoms with Crippen LogP contribution in [0, 0.1) is 20.8 Å². The van der Waals surface area contributed by atoms with E-state index in [1.54, 1.807) is 7.11 Å². The molecule has 0 radical (unpaired) electrons. The Morgan fingerprint density at radius 3 is 2.60 bits per heavy atom. The molecule has 0 bridgehead atoms. The number of rotatable bonds is 8. The van der Waals surface area contributed by atoms with Gasteiger partial charge in [0.05, 0.1) is 47.7 Å². The summed E-state index contributed by atoms with van der Waals surface area (Å²) in [6.07, 6.45) is -0.388. The van der Waals surface area contributed by atoms with E-state index >= 15 is 0 Å². The summed E-state index contributed by atoms with van der Waals surface area (Å²) in [5, 5.41) is 29.1. The van der Waals surface area contributed by atoms with Crippen LogP contribution in [0.15, 0.2) is 47.0 Å². The third-order valence-electron chi connectivity index (χ3n) is 7.15. The van der Waals surface area contributed by atoms with E-state index in [9.17, 15) is 5.11 Å². The lowest BCUT2D eigenvalue weighted by Crippen LogP contribution is -2.17. The fourth-order valence-electron chi connectivity index (χ4n) is 5.28. The van der Waals surface area contributed by atoms with Gasteiger partial charge in [-0.2, -0.15) is 0 Å². The monoisotopic (exact) mass is 538 g/mol. The number of aliphatic hydroxyl groups is 2. The topological polar surface area (TPSA) is 142 Å². The van der Waals surface area contributed by atoms with Crippen molar-refractivity contribution in [2.75, 3.05) is 25.6 Å². The summed E-state index contributed by atoms with van der Waals surface area (Å²) in [5.41, 5.74) is 6.68. The number of nitrogens with zero attached hydrogens (tertiary/aromatic N) is 4. The molecule has 0 amide bonds. The Labute approximate surface area is 230 Å². The molecule has 1 atom stereocenters. The van der Waals surface area contributed by atoms with Crippen LogP contribution >= 0.6 is 0 Å². The Balaban J connectivity index is 1.58. The standard InChI is InChI=1S/C30H30N6O4/c1-15-27(16(2)40-36-15)22-11-24-21(12-25(22)39-4)28-29(32-17(3)33-30(28)35-24)20-13-26(31-10-9-18(38)14-37)34-23-8-6-5-7-19(20)23/h5-8,11-13,18,37-38H,9-10,14H2,1-4H3,(H,31,34)(H,32,33,35). The molecule has 2 aromatic carbocycles. The minimum Gasteiger partial charge on any atom is -0.496 e. The summed E-state index contributed by atoms with van der Waals surface area (Å²) >= 11 is 0. The maximum absolute atomic E-state index is 9.77. The molecule has 6 aromatic rings. The third-order valence-corrected chi connectivity index (χ3v) is 7.15. The molecule has 0 aliphatic heterocycles. The van der Waals surface area contributed by atoms with Crippen molar-refractivity contribution >= 4 is 38.7 Å². The zero-order valence-corrected chi connectivity index (χ0v) is 22.7. The van der Waals surface area contributed by atoms with Crippen molar-refractivity contribution in [1.29, 1.82) is 0 Å². The van der Waals surface area contributed by atoms with Crippen LogP contribution in [0.5, 0.6) is 5.75 Å². The Morgan fingerprint density at radius 2 is 1.85 bits per heavy atom. The van der Waals surface area contributed by atoms with E-state index in [0.717, 1.165) is 66.7 Å². The quantitative estimate of drug-likeness (QED) is 0.209. The molecule has 10 nitrogen and oxygen atoms in total. The summed E-state index contributed by atoms with van der Waals surface area (Å²) in [6.45, 7) is 5.86. The van der Waals surface area contributed by atoms with Gasteiger partial charge in [-0.1, -0.05) is 23.4 Å². The van der Waals surface area contributed by atoms with Crippen molar-refractivity contribution in [3.05, 3.63) is 59.7 Å². The number of aromatic nitrogens is 5. The molecule has 40 heavy (non-hydrogen) atoms. The highest BCUT2D eigenvalue weighted by Gasteiger charge is 2.22. The van der Waals surface area contributed by atoms with E-state index < -0.39 is 6.10 Å². The summed E-state index contributed by atoms with van der Waals surface area (Å²) in [4.78, 5) is 18.0. The van der Waals surface area contributed by atoms with E-state index in [-0.39, 0.29) is 6.61 Å². The number of aromatic amines is 1. The van der Waals surface area contributed by atoms with Gasteiger partial charge < -0.3 is 29.8 Å². The predicted octanol–water partition coefficient (Wildman–Crippen LogP) is 5.07. The molecule has 4 heterocycles. The number of nitrogens with one attached hydrogen (secondary N) is 2. The maximum atomic E-state index is 9.77.